The number of carbonyl (C=O) groups excluding carboxylic acids is 2. The minimum absolute atomic E-state index is 0.00659. The fourth-order valence-corrected chi connectivity index (χ4v) is 5.08. The molecule has 3 aromatic rings. The van der Waals surface area contributed by atoms with Crippen LogP contribution in [-0.4, -0.2) is 76.8 Å². The minimum Gasteiger partial charge on any atom is -0.388 e. The van der Waals surface area contributed by atoms with Crippen molar-refractivity contribution < 1.29 is 19.1 Å². The van der Waals surface area contributed by atoms with Gasteiger partial charge in [-0.3, -0.25) is 19.0 Å². The van der Waals surface area contributed by atoms with E-state index in [2.05, 4.69) is 16.7 Å². The van der Waals surface area contributed by atoms with Crippen LogP contribution in [0.5, 0.6) is 0 Å². The van der Waals surface area contributed by atoms with E-state index in [1.807, 2.05) is 6.92 Å². The molecular formula is C25H27FN6O4. The van der Waals surface area contributed by atoms with E-state index in [1.54, 1.807) is 21.9 Å². The predicted molar refractivity (Wildman–Crippen MR) is 129 cm³/mol. The van der Waals surface area contributed by atoms with Crippen LogP contribution in [0.1, 0.15) is 26.2 Å². The van der Waals surface area contributed by atoms with Gasteiger partial charge in [0.1, 0.15) is 23.6 Å². The number of hydrogen-bond acceptors (Lipinski definition) is 6. The highest BCUT2D eigenvalue weighted by molar-refractivity contribution is 5.94. The van der Waals surface area contributed by atoms with Gasteiger partial charge in [-0.05, 0) is 56.5 Å². The highest BCUT2D eigenvalue weighted by Gasteiger charge is 2.45. The summed E-state index contributed by atoms with van der Waals surface area (Å²) in [5.74, 6) is -0.763. The van der Waals surface area contributed by atoms with Crippen molar-refractivity contribution in [3.05, 3.63) is 65.6 Å². The molecule has 2 aromatic heterocycles. The molecule has 5 rings (SSSR count). The summed E-state index contributed by atoms with van der Waals surface area (Å²) in [4.78, 5) is 45.7. The van der Waals surface area contributed by atoms with E-state index < -0.39 is 11.6 Å². The number of rotatable bonds is 5. The number of aliphatic hydroxyl groups is 1. The molecule has 4 heterocycles. The first-order chi connectivity index (χ1) is 17.2. The van der Waals surface area contributed by atoms with Crippen LogP contribution in [0.25, 0.3) is 16.7 Å². The summed E-state index contributed by atoms with van der Waals surface area (Å²) in [5, 5.41) is 15.7. The second-order valence-corrected chi connectivity index (χ2v) is 9.55. The number of halogens is 1. The van der Waals surface area contributed by atoms with Gasteiger partial charge in [-0.15, -0.1) is 0 Å². The second-order valence-electron chi connectivity index (χ2n) is 9.55. The normalized spacial score (nSPS) is 21.3. The van der Waals surface area contributed by atoms with E-state index in [4.69, 9.17) is 0 Å². The maximum absolute atomic E-state index is 13.3. The highest BCUT2D eigenvalue weighted by Crippen LogP contribution is 2.30. The first kappa shape index (κ1) is 23.9. The molecule has 1 aromatic carbocycles. The van der Waals surface area contributed by atoms with Crippen molar-refractivity contribution in [3.8, 4) is 5.69 Å². The van der Waals surface area contributed by atoms with Gasteiger partial charge in [-0.25, -0.2) is 14.1 Å². The summed E-state index contributed by atoms with van der Waals surface area (Å²) in [7, 11) is 0. The molecule has 2 aliphatic rings. The number of carbonyl (C=O) groups is 2. The number of fused-ring (bicyclic) bond motifs is 1. The van der Waals surface area contributed by atoms with Crippen LogP contribution < -0.4 is 5.56 Å². The van der Waals surface area contributed by atoms with Crippen LogP contribution in [0.15, 0.2) is 54.2 Å². The molecule has 1 N–H and O–H groups in total. The molecular weight excluding hydrogens is 467 g/mol. The SMILES string of the molecule is C=CC(=O)N1[C@@H](C(=O)N2CCC(O)(Cn3cnc4c(cnn4-c4ccc(F)cc4)c3=O)CC2)C[C@@H]1C. The van der Waals surface area contributed by atoms with Gasteiger partial charge in [0.05, 0.1) is 24.0 Å². The molecule has 0 spiro atoms. The zero-order valence-corrected chi connectivity index (χ0v) is 19.9. The zero-order valence-electron chi connectivity index (χ0n) is 19.9. The van der Waals surface area contributed by atoms with E-state index in [0.717, 1.165) is 0 Å². The Morgan fingerprint density at radius 2 is 1.94 bits per heavy atom. The lowest BCUT2D eigenvalue weighted by Crippen LogP contribution is -2.64. The lowest BCUT2D eigenvalue weighted by molar-refractivity contribution is -0.157. The van der Waals surface area contributed by atoms with Gasteiger partial charge >= 0.3 is 0 Å². The summed E-state index contributed by atoms with van der Waals surface area (Å²) < 4.78 is 16.1. The van der Waals surface area contributed by atoms with E-state index in [0.29, 0.717) is 30.8 Å². The van der Waals surface area contributed by atoms with Gasteiger partial charge < -0.3 is 14.9 Å². The van der Waals surface area contributed by atoms with Gasteiger partial charge in [-0.1, -0.05) is 6.58 Å². The molecule has 36 heavy (non-hydrogen) atoms. The topological polar surface area (TPSA) is 114 Å². The number of likely N-dealkylation sites (tertiary alicyclic amines) is 2. The largest absolute Gasteiger partial charge is 0.388 e. The Hall–Kier alpha value is -3.86. The Morgan fingerprint density at radius 1 is 1.25 bits per heavy atom. The lowest BCUT2D eigenvalue weighted by Gasteiger charge is -2.48. The Balaban J connectivity index is 1.28. The van der Waals surface area contributed by atoms with Crippen molar-refractivity contribution in [2.45, 2.75) is 50.4 Å². The number of nitrogens with zero attached hydrogens (tertiary/aromatic N) is 6. The first-order valence-electron chi connectivity index (χ1n) is 11.9. The van der Waals surface area contributed by atoms with Gasteiger partial charge in [0.15, 0.2) is 5.65 Å². The van der Waals surface area contributed by atoms with Gasteiger partial charge in [0.25, 0.3) is 5.56 Å². The number of amides is 2. The molecule has 0 saturated carbocycles. The van der Waals surface area contributed by atoms with E-state index in [9.17, 15) is 23.9 Å². The molecule has 188 valence electrons. The summed E-state index contributed by atoms with van der Waals surface area (Å²) >= 11 is 0. The number of benzene rings is 1. The smallest absolute Gasteiger partial charge is 0.264 e. The standard InChI is InChI=1S/C25H27FN6O4/c1-3-21(33)31-16(2)12-20(31)24(35)29-10-8-25(36,9-11-29)14-30-15-27-22-19(23(30)34)13-28-32(22)18-6-4-17(26)5-7-18/h3-7,13,15-16,20,36H,1,8-12,14H2,2H3/t16-,20+/m0/s1. The molecule has 11 heteroatoms. The molecule has 0 bridgehead atoms. The average Bonchev–Trinajstić information content (AvgIpc) is 3.29. The monoisotopic (exact) mass is 494 g/mol. The van der Waals surface area contributed by atoms with Crippen molar-refractivity contribution in [2.24, 2.45) is 0 Å². The fraction of sp³-hybridized carbons (Fsp3) is 0.400. The molecule has 2 atom stereocenters. The Kier molecular flexibility index (Phi) is 5.95. The summed E-state index contributed by atoms with van der Waals surface area (Å²) in [6, 6.07) is 5.19. The minimum atomic E-state index is -1.19. The molecule has 0 aliphatic carbocycles. The van der Waals surface area contributed by atoms with Crippen LogP contribution in [0, 0.1) is 5.82 Å². The highest BCUT2D eigenvalue weighted by atomic mass is 19.1. The van der Waals surface area contributed by atoms with Gasteiger partial charge in [0, 0.05) is 19.1 Å². The van der Waals surface area contributed by atoms with Crippen molar-refractivity contribution in [3.63, 3.8) is 0 Å². The molecule has 2 saturated heterocycles. The summed E-state index contributed by atoms with van der Waals surface area (Å²) in [6.07, 6.45) is 5.18. The number of hydrogen-bond donors (Lipinski definition) is 1. The predicted octanol–water partition coefficient (Wildman–Crippen LogP) is 1.25. The zero-order chi connectivity index (χ0) is 25.6. The van der Waals surface area contributed by atoms with Gasteiger partial charge in [-0.2, -0.15) is 5.10 Å². The lowest BCUT2D eigenvalue weighted by atomic mass is 9.88. The van der Waals surface area contributed by atoms with Crippen molar-refractivity contribution in [1.82, 2.24) is 29.1 Å². The van der Waals surface area contributed by atoms with Crippen LogP contribution >= 0.6 is 0 Å². The maximum Gasteiger partial charge on any atom is 0.264 e. The summed E-state index contributed by atoms with van der Waals surface area (Å²) in [6.45, 7) is 6.08. The van der Waals surface area contributed by atoms with E-state index >= 15 is 0 Å². The Bertz CT molecular complexity index is 1390. The molecule has 0 unspecified atom stereocenters. The summed E-state index contributed by atoms with van der Waals surface area (Å²) in [5.41, 5.74) is -0.626. The van der Waals surface area contributed by atoms with Crippen molar-refractivity contribution in [1.29, 1.82) is 0 Å². The van der Waals surface area contributed by atoms with E-state index in [-0.39, 0.29) is 54.0 Å². The van der Waals surface area contributed by atoms with Crippen LogP contribution in [0.3, 0.4) is 0 Å². The van der Waals surface area contributed by atoms with Crippen molar-refractivity contribution >= 4 is 22.8 Å². The van der Waals surface area contributed by atoms with E-state index in [1.165, 1.54) is 40.0 Å². The molecule has 0 radical (unpaired) electrons. The number of piperidine rings is 1. The number of aromatic nitrogens is 4. The Labute approximate surface area is 206 Å². The first-order valence-corrected chi connectivity index (χ1v) is 11.9. The third kappa shape index (κ3) is 4.09. The fourth-order valence-electron chi connectivity index (χ4n) is 5.08. The third-order valence-corrected chi connectivity index (χ3v) is 7.19. The molecule has 2 amide bonds. The third-order valence-electron chi connectivity index (χ3n) is 7.19. The van der Waals surface area contributed by atoms with Crippen molar-refractivity contribution in [2.75, 3.05) is 13.1 Å². The van der Waals surface area contributed by atoms with Crippen LogP contribution in [0.4, 0.5) is 4.39 Å². The Morgan fingerprint density at radius 3 is 2.58 bits per heavy atom. The average molecular weight is 495 g/mol. The molecule has 2 fully saturated rings. The second kappa shape index (κ2) is 8.98. The van der Waals surface area contributed by atoms with Gasteiger partial charge in [0.2, 0.25) is 11.8 Å². The quantitative estimate of drug-likeness (QED) is 0.534. The van der Waals surface area contributed by atoms with Crippen LogP contribution in [0.2, 0.25) is 0 Å². The maximum atomic E-state index is 13.3. The van der Waals surface area contributed by atoms with Crippen LogP contribution in [-0.2, 0) is 16.1 Å². The molecule has 10 nitrogen and oxygen atoms in total. The molecule has 2 aliphatic heterocycles.